The zero-order chi connectivity index (χ0) is 15.9. The summed E-state index contributed by atoms with van der Waals surface area (Å²) in [7, 11) is 1.68. The average Bonchev–Trinajstić information content (AvgIpc) is 2.94. The Morgan fingerprint density at radius 2 is 2.00 bits per heavy atom. The highest BCUT2D eigenvalue weighted by Crippen LogP contribution is 2.20. The summed E-state index contributed by atoms with van der Waals surface area (Å²) in [5, 5.41) is 12.3. The third-order valence-electron chi connectivity index (χ3n) is 3.47. The van der Waals surface area contributed by atoms with E-state index in [1.54, 1.807) is 19.2 Å². The molecule has 1 heterocycles. The van der Waals surface area contributed by atoms with Crippen LogP contribution in [0.2, 0.25) is 0 Å². The van der Waals surface area contributed by atoms with Gasteiger partial charge in [-0.25, -0.2) is 4.79 Å². The van der Waals surface area contributed by atoms with E-state index in [2.05, 4.69) is 5.32 Å². The van der Waals surface area contributed by atoms with E-state index in [4.69, 9.17) is 14.3 Å². The van der Waals surface area contributed by atoms with Crippen LogP contribution in [0.4, 0.5) is 0 Å². The van der Waals surface area contributed by atoms with Crippen molar-refractivity contribution in [3.8, 4) is 0 Å². The van der Waals surface area contributed by atoms with Crippen molar-refractivity contribution in [1.29, 1.82) is 0 Å². The number of hydrogen-bond acceptors (Lipinski definition) is 4. The first-order chi connectivity index (χ1) is 10.6. The maximum atomic E-state index is 10.8. The summed E-state index contributed by atoms with van der Waals surface area (Å²) >= 11 is 0. The lowest BCUT2D eigenvalue weighted by Crippen LogP contribution is -2.22. The van der Waals surface area contributed by atoms with Gasteiger partial charge in [0.1, 0.15) is 11.5 Å². The molecule has 0 aliphatic carbocycles. The number of nitrogens with one attached hydrogen (secondary N) is 1. The van der Waals surface area contributed by atoms with E-state index in [9.17, 15) is 4.79 Å². The molecule has 0 saturated heterocycles. The standard InChI is InChI=1S/C17H21NO4/c1-12-3-8-16(22-12)15(9-10-21-2)18-11-13-4-6-14(7-5-13)17(19)20/h3-8,15,18H,9-11H2,1-2H3,(H,19,20). The van der Waals surface area contributed by atoms with Crippen molar-refractivity contribution in [3.63, 3.8) is 0 Å². The van der Waals surface area contributed by atoms with E-state index in [-0.39, 0.29) is 6.04 Å². The van der Waals surface area contributed by atoms with E-state index in [0.717, 1.165) is 23.5 Å². The number of hydrogen-bond donors (Lipinski definition) is 2. The van der Waals surface area contributed by atoms with Crippen molar-refractivity contribution < 1.29 is 19.1 Å². The summed E-state index contributed by atoms with van der Waals surface area (Å²) in [5.74, 6) is 0.852. The van der Waals surface area contributed by atoms with Crippen molar-refractivity contribution in [3.05, 3.63) is 59.0 Å². The van der Waals surface area contributed by atoms with Gasteiger partial charge in [0, 0.05) is 20.3 Å². The van der Waals surface area contributed by atoms with Gasteiger partial charge in [-0.1, -0.05) is 12.1 Å². The van der Waals surface area contributed by atoms with Crippen molar-refractivity contribution in [2.24, 2.45) is 0 Å². The molecule has 5 heteroatoms. The van der Waals surface area contributed by atoms with Crippen LogP contribution in [-0.4, -0.2) is 24.8 Å². The Balaban J connectivity index is 1.99. The number of rotatable bonds is 8. The number of carboxylic acids is 1. The molecule has 0 spiro atoms. The van der Waals surface area contributed by atoms with Gasteiger partial charge < -0.3 is 19.6 Å². The zero-order valence-electron chi connectivity index (χ0n) is 12.8. The molecule has 0 bridgehead atoms. The summed E-state index contributed by atoms with van der Waals surface area (Å²) in [6.07, 6.45) is 0.802. The summed E-state index contributed by atoms with van der Waals surface area (Å²) in [6, 6.07) is 10.8. The molecule has 2 N–H and O–H groups in total. The lowest BCUT2D eigenvalue weighted by atomic mass is 10.1. The first kappa shape index (κ1) is 16.3. The van der Waals surface area contributed by atoms with Gasteiger partial charge in [0.2, 0.25) is 0 Å². The van der Waals surface area contributed by atoms with Gasteiger partial charge in [-0.15, -0.1) is 0 Å². The number of aromatic carboxylic acids is 1. The monoisotopic (exact) mass is 303 g/mol. The molecule has 118 valence electrons. The highest BCUT2D eigenvalue weighted by Gasteiger charge is 2.14. The Morgan fingerprint density at radius 3 is 2.55 bits per heavy atom. The fraction of sp³-hybridized carbons (Fsp3) is 0.353. The van der Waals surface area contributed by atoms with E-state index in [0.29, 0.717) is 18.7 Å². The second kappa shape index (κ2) is 7.77. The van der Waals surface area contributed by atoms with Crippen molar-refractivity contribution in [2.45, 2.75) is 25.9 Å². The smallest absolute Gasteiger partial charge is 0.335 e. The maximum Gasteiger partial charge on any atom is 0.335 e. The van der Waals surface area contributed by atoms with E-state index < -0.39 is 5.97 Å². The Morgan fingerprint density at radius 1 is 1.27 bits per heavy atom. The second-order valence-corrected chi connectivity index (χ2v) is 5.17. The molecule has 2 rings (SSSR count). The zero-order valence-corrected chi connectivity index (χ0v) is 12.8. The van der Waals surface area contributed by atoms with Crippen LogP contribution >= 0.6 is 0 Å². The highest BCUT2D eigenvalue weighted by atomic mass is 16.5. The lowest BCUT2D eigenvalue weighted by molar-refractivity contribution is 0.0697. The summed E-state index contributed by atoms with van der Waals surface area (Å²) in [6.45, 7) is 3.19. The van der Waals surface area contributed by atoms with Crippen molar-refractivity contribution in [1.82, 2.24) is 5.32 Å². The number of furan rings is 1. The van der Waals surface area contributed by atoms with Crippen LogP contribution in [-0.2, 0) is 11.3 Å². The Hall–Kier alpha value is -2.11. The topological polar surface area (TPSA) is 71.7 Å². The molecule has 0 aliphatic rings. The largest absolute Gasteiger partial charge is 0.478 e. The minimum atomic E-state index is -0.913. The molecule has 1 aromatic heterocycles. The van der Waals surface area contributed by atoms with Crippen LogP contribution in [0.15, 0.2) is 40.8 Å². The van der Waals surface area contributed by atoms with Crippen LogP contribution in [0.1, 0.15) is 39.9 Å². The molecule has 1 unspecified atom stereocenters. The Bertz CT molecular complexity index is 603. The molecular weight excluding hydrogens is 282 g/mol. The van der Waals surface area contributed by atoms with Crippen molar-refractivity contribution >= 4 is 5.97 Å². The fourth-order valence-corrected chi connectivity index (χ4v) is 2.23. The van der Waals surface area contributed by atoms with E-state index in [1.165, 1.54) is 0 Å². The molecule has 0 aliphatic heterocycles. The number of carboxylic acid groups (broad SMARTS) is 1. The molecule has 5 nitrogen and oxygen atoms in total. The number of carbonyl (C=O) groups is 1. The Labute approximate surface area is 129 Å². The Kier molecular flexibility index (Phi) is 5.75. The first-order valence-electron chi connectivity index (χ1n) is 7.21. The maximum absolute atomic E-state index is 10.8. The number of methoxy groups -OCH3 is 1. The fourth-order valence-electron chi connectivity index (χ4n) is 2.23. The van der Waals surface area contributed by atoms with Crippen LogP contribution in [0.25, 0.3) is 0 Å². The van der Waals surface area contributed by atoms with Gasteiger partial charge in [-0.05, 0) is 43.2 Å². The molecule has 0 radical (unpaired) electrons. The summed E-state index contributed by atoms with van der Waals surface area (Å²) in [5.41, 5.74) is 1.32. The molecule has 0 fully saturated rings. The third kappa shape index (κ3) is 4.44. The van der Waals surface area contributed by atoms with Crippen LogP contribution in [0.3, 0.4) is 0 Å². The van der Waals surface area contributed by atoms with Gasteiger partial charge in [-0.3, -0.25) is 0 Å². The van der Waals surface area contributed by atoms with E-state index >= 15 is 0 Å². The second-order valence-electron chi connectivity index (χ2n) is 5.17. The predicted octanol–water partition coefficient (Wildman–Crippen LogP) is 3.15. The molecule has 0 amide bonds. The molecule has 1 aromatic carbocycles. The predicted molar refractivity (Wildman–Crippen MR) is 82.9 cm³/mol. The van der Waals surface area contributed by atoms with Crippen LogP contribution in [0.5, 0.6) is 0 Å². The summed E-state index contributed by atoms with van der Waals surface area (Å²) < 4.78 is 10.8. The van der Waals surface area contributed by atoms with Crippen molar-refractivity contribution in [2.75, 3.05) is 13.7 Å². The molecule has 22 heavy (non-hydrogen) atoms. The van der Waals surface area contributed by atoms with Crippen LogP contribution < -0.4 is 5.32 Å². The number of benzene rings is 1. The number of ether oxygens (including phenoxy) is 1. The molecule has 2 aromatic rings. The van der Waals surface area contributed by atoms with Gasteiger partial charge in [0.05, 0.1) is 11.6 Å². The lowest BCUT2D eigenvalue weighted by Gasteiger charge is -2.16. The number of aryl methyl sites for hydroxylation is 1. The minimum Gasteiger partial charge on any atom is -0.478 e. The van der Waals surface area contributed by atoms with Crippen LogP contribution in [0, 0.1) is 6.92 Å². The average molecular weight is 303 g/mol. The highest BCUT2D eigenvalue weighted by molar-refractivity contribution is 5.87. The molecule has 0 saturated carbocycles. The summed E-state index contributed by atoms with van der Waals surface area (Å²) in [4.78, 5) is 10.8. The SMILES string of the molecule is COCCC(NCc1ccc(C(=O)O)cc1)c1ccc(C)o1. The first-order valence-corrected chi connectivity index (χ1v) is 7.21. The van der Waals surface area contributed by atoms with Gasteiger partial charge >= 0.3 is 5.97 Å². The van der Waals surface area contributed by atoms with E-state index in [1.807, 2.05) is 31.2 Å². The molecule has 1 atom stereocenters. The normalized spacial score (nSPS) is 12.3. The van der Waals surface area contributed by atoms with Gasteiger partial charge in [0.25, 0.3) is 0 Å². The third-order valence-corrected chi connectivity index (χ3v) is 3.47. The minimum absolute atomic E-state index is 0.0628. The van der Waals surface area contributed by atoms with Gasteiger partial charge in [0.15, 0.2) is 0 Å². The molecular formula is C17H21NO4. The van der Waals surface area contributed by atoms with Gasteiger partial charge in [-0.2, -0.15) is 0 Å². The quantitative estimate of drug-likeness (QED) is 0.784.